The first kappa shape index (κ1) is 13.9. The van der Waals surface area contributed by atoms with Crippen LogP contribution in [0.1, 0.15) is 27.1 Å². The van der Waals surface area contributed by atoms with Gasteiger partial charge in [0.25, 0.3) is 5.91 Å². The number of carbonyl (C=O) groups is 4. The number of rotatable bonds is 3. The molecule has 0 saturated carbocycles. The SMILES string of the molecule is CN(C(=O)c1cc(F)ccc1C=O)C1CC(=O)NC1=O. The van der Waals surface area contributed by atoms with Crippen LogP contribution in [0.4, 0.5) is 4.39 Å². The van der Waals surface area contributed by atoms with Gasteiger partial charge in [0.2, 0.25) is 11.8 Å². The average Bonchev–Trinajstić information content (AvgIpc) is 2.76. The Bertz CT molecular complexity index is 614. The smallest absolute Gasteiger partial charge is 0.255 e. The molecule has 0 bridgehead atoms. The van der Waals surface area contributed by atoms with Crippen LogP contribution in [-0.2, 0) is 9.59 Å². The molecule has 0 spiro atoms. The van der Waals surface area contributed by atoms with Crippen LogP contribution in [0.2, 0.25) is 0 Å². The summed E-state index contributed by atoms with van der Waals surface area (Å²) in [7, 11) is 1.32. The number of benzene rings is 1. The van der Waals surface area contributed by atoms with Crippen molar-refractivity contribution in [1.82, 2.24) is 10.2 Å². The summed E-state index contributed by atoms with van der Waals surface area (Å²) in [6.45, 7) is 0. The van der Waals surface area contributed by atoms with Crippen molar-refractivity contribution in [3.8, 4) is 0 Å². The quantitative estimate of drug-likeness (QED) is 0.629. The Kier molecular flexibility index (Phi) is 3.60. The highest BCUT2D eigenvalue weighted by Crippen LogP contribution is 2.16. The Morgan fingerprint density at radius 1 is 1.45 bits per heavy atom. The van der Waals surface area contributed by atoms with Crippen molar-refractivity contribution in [1.29, 1.82) is 0 Å². The van der Waals surface area contributed by atoms with Crippen LogP contribution in [0.3, 0.4) is 0 Å². The summed E-state index contributed by atoms with van der Waals surface area (Å²) in [6.07, 6.45) is 0.285. The monoisotopic (exact) mass is 278 g/mol. The maximum Gasteiger partial charge on any atom is 0.255 e. The third kappa shape index (κ3) is 2.42. The maximum atomic E-state index is 13.2. The summed E-state index contributed by atoms with van der Waals surface area (Å²) < 4.78 is 13.2. The first-order valence-electron chi connectivity index (χ1n) is 5.79. The summed E-state index contributed by atoms with van der Waals surface area (Å²) in [5.41, 5.74) is -0.123. The molecule has 1 N–H and O–H groups in total. The fourth-order valence-electron chi connectivity index (χ4n) is 2.00. The molecule has 20 heavy (non-hydrogen) atoms. The van der Waals surface area contributed by atoms with Crippen molar-refractivity contribution < 1.29 is 23.6 Å². The molecule has 1 aliphatic heterocycles. The highest BCUT2D eigenvalue weighted by Gasteiger charge is 2.36. The molecular weight excluding hydrogens is 267 g/mol. The van der Waals surface area contributed by atoms with Gasteiger partial charge in [0.1, 0.15) is 11.9 Å². The van der Waals surface area contributed by atoms with Gasteiger partial charge < -0.3 is 4.90 Å². The number of imide groups is 1. The third-order valence-corrected chi connectivity index (χ3v) is 3.10. The van der Waals surface area contributed by atoms with Gasteiger partial charge in [-0.15, -0.1) is 0 Å². The van der Waals surface area contributed by atoms with E-state index in [1.54, 1.807) is 0 Å². The number of hydrogen-bond acceptors (Lipinski definition) is 4. The van der Waals surface area contributed by atoms with Crippen molar-refractivity contribution in [2.45, 2.75) is 12.5 Å². The molecule has 1 fully saturated rings. The van der Waals surface area contributed by atoms with Crippen LogP contribution in [0.15, 0.2) is 18.2 Å². The highest BCUT2D eigenvalue weighted by atomic mass is 19.1. The summed E-state index contributed by atoms with van der Waals surface area (Å²) in [6, 6.07) is 2.23. The lowest BCUT2D eigenvalue weighted by molar-refractivity contribution is -0.125. The van der Waals surface area contributed by atoms with Gasteiger partial charge in [-0.2, -0.15) is 0 Å². The second-order valence-electron chi connectivity index (χ2n) is 4.40. The lowest BCUT2D eigenvalue weighted by Gasteiger charge is -2.22. The number of carbonyl (C=O) groups excluding carboxylic acids is 4. The zero-order chi connectivity index (χ0) is 14.9. The van der Waals surface area contributed by atoms with E-state index < -0.39 is 29.6 Å². The Labute approximate surface area is 113 Å². The van der Waals surface area contributed by atoms with Crippen LogP contribution >= 0.6 is 0 Å². The zero-order valence-corrected chi connectivity index (χ0v) is 10.6. The zero-order valence-electron chi connectivity index (χ0n) is 10.6. The van der Waals surface area contributed by atoms with E-state index in [1.807, 2.05) is 0 Å². The van der Waals surface area contributed by atoms with Gasteiger partial charge in [-0.05, 0) is 18.2 Å². The minimum Gasteiger partial charge on any atom is -0.329 e. The molecule has 1 atom stereocenters. The Balaban J connectivity index is 2.31. The minimum atomic E-state index is -0.947. The van der Waals surface area contributed by atoms with E-state index in [0.29, 0.717) is 6.29 Å². The molecule has 1 aromatic rings. The standard InChI is InChI=1S/C13H11FN2O4/c1-16(10-5-11(18)15-12(10)19)13(20)9-4-8(14)3-2-7(9)6-17/h2-4,6,10H,5H2,1H3,(H,15,18,19). The van der Waals surface area contributed by atoms with E-state index in [9.17, 15) is 23.6 Å². The van der Waals surface area contributed by atoms with Gasteiger partial charge in [0.15, 0.2) is 6.29 Å². The minimum absolute atomic E-state index is 0.0213. The van der Waals surface area contributed by atoms with Crippen molar-refractivity contribution in [2.24, 2.45) is 0 Å². The fourth-order valence-corrected chi connectivity index (χ4v) is 2.00. The number of halogens is 1. The van der Waals surface area contributed by atoms with Gasteiger partial charge in [-0.3, -0.25) is 24.5 Å². The third-order valence-electron chi connectivity index (χ3n) is 3.10. The van der Waals surface area contributed by atoms with Gasteiger partial charge in [0.05, 0.1) is 12.0 Å². The molecule has 0 radical (unpaired) electrons. The predicted octanol–water partition coefficient (Wildman–Crippen LogP) is 0.125. The Morgan fingerprint density at radius 3 is 2.70 bits per heavy atom. The first-order chi connectivity index (χ1) is 9.43. The predicted molar refractivity (Wildman–Crippen MR) is 65.4 cm³/mol. The molecule has 0 aromatic heterocycles. The molecule has 3 amide bonds. The molecule has 1 aromatic carbocycles. The fraction of sp³-hybridized carbons (Fsp3) is 0.231. The van der Waals surface area contributed by atoms with Gasteiger partial charge >= 0.3 is 0 Å². The maximum absolute atomic E-state index is 13.2. The van der Waals surface area contributed by atoms with E-state index in [-0.39, 0.29) is 17.5 Å². The highest BCUT2D eigenvalue weighted by molar-refractivity contribution is 6.09. The van der Waals surface area contributed by atoms with Crippen molar-refractivity contribution >= 4 is 24.0 Å². The topological polar surface area (TPSA) is 83.6 Å². The molecule has 6 nitrogen and oxygen atoms in total. The van der Waals surface area contributed by atoms with E-state index >= 15 is 0 Å². The van der Waals surface area contributed by atoms with Crippen LogP contribution < -0.4 is 5.32 Å². The number of amides is 3. The normalized spacial score (nSPS) is 17.8. The Hall–Kier alpha value is -2.57. The van der Waals surface area contributed by atoms with E-state index in [4.69, 9.17) is 0 Å². The summed E-state index contributed by atoms with van der Waals surface area (Å²) in [5, 5.41) is 2.08. The number of nitrogens with zero attached hydrogens (tertiary/aromatic N) is 1. The summed E-state index contributed by atoms with van der Waals surface area (Å²) in [5.74, 6) is -2.43. The van der Waals surface area contributed by atoms with E-state index in [0.717, 1.165) is 17.0 Å². The number of hydrogen-bond donors (Lipinski definition) is 1. The largest absolute Gasteiger partial charge is 0.329 e. The molecule has 2 rings (SSSR count). The summed E-state index contributed by atoms with van der Waals surface area (Å²) in [4.78, 5) is 46.8. The molecule has 0 aliphatic carbocycles. The molecule has 1 heterocycles. The second-order valence-corrected chi connectivity index (χ2v) is 4.40. The van der Waals surface area contributed by atoms with Crippen LogP contribution in [-0.4, -0.2) is 42.0 Å². The van der Waals surface area contributed by atoms with Crippen molar-refractivity contribution in [2.75, 3.05) is 7.05 Å². The van der Waals surface area contributed by atoms with Crippen molar-refractivity contribution in [3.63, 3.8) is 0 Å². The number of likely N-dealkylation sites (N-methyl/N-ethyl adjacent to an activating group) is 1. The van der Waals surface area contributed by atoms with Crippen LogP contribution in [0, 0.1) is 5.82 Å². The van der Waals surface area contributed by atoms with Crippen molar-refractivity contribution in [3.05, 3.63) is 35.1 Å². The van der Waals surface area contributed by atoms with Gasteiger partial charge in [-0.25, -0.2) is 4.39 Å². The average molecular weight is 278 g/mol. The Morgan fingerprint density at radius 2 is 2.15 bits per heavy atom. The molecular formula is C13H11FN2O4. The lowest BCUT2D eigenvalue weighted by Crippen LogP contribution is -2.42. The number of nitrogens with one attached hydrogen (secondary N) is 1. The van der Waals surface area contributed by atoms with Gasteiger partial charge in [0, 0.05) is 12.6 Å². The molecule has 1 saturated heterocycles. The van der Waals surface area contributed by atoms with E-state index in [1.165, 1.54) is 13.1 Å². The number of aldehydes is 1. The van der Waals surface area contributed by atoms with Crippen LogP contribution in [0.5, 0.6) is 0 Å². The lowest BCUT2D eigenvalue weighted by atomic mass is 10.1. The molecule has 7 heteroatoms. The second kappa shape index (κ2) is 5.20. The van der Waals surface area contributed by atoms with Crippen LogP contribution in [0.25, 0.3) is 0 Å². The molecule has 104 valence electrons. The summed E-state index contributed by atoms with van der Waals surface area (Å²) >= 11 is 0. The molecule has 1 aliphatic rings. The van der Waals surface area contributed by atoms with E-state index in [2.05, 4.69) is 5.32 Å². The first-order valence-corrected chi connectivity index (χ1v) is 5.79. The molecule has 1 unspecified atom stereocenters. The van der Waals surface area contributed by atoms with Gasteiger partial charge in [-0.1, -0.05) is 0 Å².